The molecule has 0 atom stereocenters. The zero-order valence-electron chi connectivity index (χ0n) is 13.3. The van der Waals surface area contributed by atoms with Crippen molar-refractivity contribution in [3.05, 3.63) is 29.8 Å². The molecule has 1 fully saturated rings. The normalized spacial score (nSPS) is 14.4. The van der Waals surface area contributed by atoms with Crippen molar-refractivity contribution in [1.82, 2.24) is 10.2 Å². The molecule has 1 aromatic carbocycles. The molecule has 1 saturated heterocycles. The lowest BCUT2D eigenvalue weighted by molar-refractivity contribution is -0.133. The highest BCUT2D eigenvalue weighted by atomic mass is 16.5. The molecule has 1 aromatic rings. The Hall–Kier alpha value is -2.12. The summed E-state index contributed by atoms with van der Waals surface area (Å²) >= 11 is 0. The molecule has 0 spiro atoms. The standard InChI is InChI=1S/C16H23N3O4/c1-22-8-5-17-16(21)13-3-2-4-14(11-13)18-12-15(20)19-6-9-23-10-7-19/h2-4,11,18H,5-10,12H2,1H3,(H,17,21). The summed E-state index contributed by atoms with van der Waals surface area (Å²) in [7, 11) is 1.59. The van der Waals surface area contributed by atoms with Crippen LogP contribution in [0.1, 0.15) is 10.4 Å². The van der Waals surface area contributed by atoms with E-state index in [0.29, 0.717) is 45.0 Å². The minimum Gasteiger partial charge on any atom is -0.383 e. The van der Waals surface area contributed by atoms with Gasteiger partial charge in [0, 0.05) is 38.0 Å². The maximum atomic E-state index is 12.1. The van der Waals surface area contributed by atoms with Gasteiger partial charge in [-0.05, 0) is 18.2 Å². The Morgan fingerprint density at radius 1 is 1.30 bits per heavy atom. The molecule has 2 rings (SSSR count). The van der Waals surface area contributed by atoms with Crippen molar-refractivity contribution >= 4 is 17.5 Å². The summed E-state index contributed by atoms with van der Waals surface area (Å²) in [6, 6.07) is 7.08. The van der Waals surface area contributed by atoms with Crippen molar-refractivity contribution in [1.29, 1.82) is 0 Å². The van der Waals surface area contributed by atoms with Gasteiger partial charge in [-0.3, -0.25) is 9.59 Å². The van der Waals surface area contributed by atoms with E-state index in [1.54, 1.807) is 30.2 Å². The SMILES string of the molecule is COCCNC(=O)c1cccc(NCC(=O)N2CCOCC2)c1. The molecule has 1 heterocycles. The fourth-order valence-electron chi connectivity index (χ4n) is 2.24. The van der Waals surface area contributed by atoms with Crippen LogP contribution in [0.15, 0.2) is 24.3 Å². The molecule has 0 bridgehead atoms. The van der Waals surface area contributed by atoms with E-state index in [4.69, 9.17) is 9.47 Å². The van der Waals surface area contributed by atoms with Crippen molar-refractivity contribution in [3.8, 4) is 0 Å². The summed E-state index contributed by atoms with van der Waals surface area (Å²) in [5, 5.41) is 5.83. The van der Waals surface area contributed by atoms with E-state index in [-0.39, 0.29) is 18.4 Å². The molecule has 0 unspecified atom stereocenters. The highest BCUT2D eigenvalue weighted by Gasteiger charge is 2.16. The van der Waals surface area contributed by atoms with Crippen LogP contribution in [0.2, 0.25) is 0 Å². The van der Waals surface area contributed by atoms with Gasteiger partial charge in [-0.15, -0.1) is 0 Å². The number of methoxy groups -OCH3 is 1. The monoisotopic (exact) mass is 321 g/mol. The number of ether oxygens (including phenoxy) is 2. The van der Waals surface area contributed by atoms with Gasteiger partial charge in [0.05, 0.1) is 26.4 Å². The topological polar surface area (TPSA) is 79.9 Å². The first-order valence-electron chi connectivity index (χ1n) is 7.67. The van der Waals surface area contributed by atoms with E-state index in [9.17, 15) is 9.59 Å². The molecule has 0 saturated carbocycles. The number of carbonyl (C=O) groups excluding carboxylic acids is 2. The zero-order chi connectivity index (χ0) is 16.5. The van der Waals surface area contributed by atoms with Gasteiger partial charge in [-0.2, -0.15) is 0 Å². The molecule has 2 N–H and O–H groups in total. The number of morpholine rings is 1. The van der Waals surface area contributed by atoms with Gasteiger partial charge < -0.3 is 25.0 Å². The van der Waals surface area contributed by atoms with Gasteiger partial charge in [-0.25, -0.2) is 0 Å². The van der Waals surface area contributed by atoms with E-state index in [1.165, 1.54) is 0 Å². The Morgan fingerprint density at radius 3 is 2.83 bits per heavy atom. The number of nitrogens with one attached hydrogen (secondary N) is 2. The largest absolute Gasteiger partial charge is 0.383 e. The van der Waals surface area contributed by atoms with Crippen LogP contribution in [0, 0.1) is 0 Å². The maximum Gasteiger partial charge on any atom is 0.251 e. The molecule has 126 valence electrons. The molecular weight excluding hydrogens is 298 g/mol. The summed E-state index contributed by atoms with van der Waals surface area (Å²) in [6.07, 6.45) is 0. The van der Waals surface area contributed by atoms with Crippen molar-refractivity contribution in [2.24, 2.45) is 0 Å². The molecule has 1 aliphatic heterocycles. The van der Waals surface area contributed by atoms with Crippen molar-refractivity contribution in [2.45, 2.75) is 0 Å². The van der Waals surface area contributed by atoms with Crippen LogP contribution >= 0.6 is 0 Å². The zero-order valence-corrected chi connectivity index (χ0v) is 13.3. The van der Waals surface area contributed by atoms with Crippen molar-refractivity contribution < 1.29 is 19.1 Å². The van der Waals surface area contributed by atoms with Gasteiger partial charge in [0.2, 0.25) is 5.91 Å². The van der Waals surface area contributed by atoms with Crippen LogP contribution in [-0.4, -0.2) is 69.8 Å². The Balaban J connectivity index is 1.84. The third kappa shape index (κ3) is 5.54. The van der Waals surface area contributed by atoms with Crippen LogP contribution in [0.3, 0.4) is 0 Å². The van der Waals surface area contributed by atoms with E-state index < -0.39 is 0 Å². The van der Waals surface area contributed by atoms with Crippen molar-refractivity contribution in [3.63, 3.8) is 0 Å². The number of hydrogen-bond acceptors (Lipinski definition) is 5. The van der Waals surface area contributed by atoms with E-state index >= 15 is 0 Å². The molecule has 0 radical (unpaired) electrons. The number of amides is 2. The number of benzene rings is 1. The average Bonchev–Trinajstić information content (AvgIpc) is 2.61. The number of carbonyl (C=O) groups is 2. The summed E-state index contributed by atoms with van der Waals surface area (Å²) in [4.78, 5) is 25.8. The van der Waals surface area contributed by atoms with E-state index in [2.05, 4.69) is 10.6 Å². The van der Waals surface area contributed by atoms with Crippen molar-refractivity contribution in [2.75, 3.05) is 58.4 Å². The number of anilines is 1. The Kier molecular flexibility index (Phi) is 6.83. The van der Waals surface area contributed by atoms with E-state index in [1.807, 2.05) is 6.07 Å². The number of rotatable bonds is 7. The first-order valence-corrected chi connectivity index (χ1v) is 7.67. The highest BCUT2D eigenvalue weighted by molar-refractivity contribution is 5.95. The Labute approximate surface area is 135 Å². The van der Waals surface area contributed by atoms with E-state index in [0.717, 1.165) is 5.69 Å². The first kappa shape index (κ1) is 17.2. The van der Waals surface area contributed by atoms with Crippen LogP contribution in [0.4, 0.5) is 5.69 Å². The summed E-state index contributed by atoms with van der Waals surface area (Å²) < 4.78 is 10.1. The summed E-state index contributed by atoms with van der Waals surface area (Å²) in [5.41, 5.74) is 1.29. The predicted molar refractivity (Wildman–Crippen MR) is 86.5 cm³/mol. The molecule has 7 nitrogen and oxygen atoms in total. The Bertz CT molecular complexity index is 530. The molecule has 0 aromatic heterocycles. The molecule has 0 aliphatic carbocycles. The van der Waals surface area contributed by atoms with Gasteiger partial charge in [0.1, 0.15) is 0 Å². The maximum absolute atomic E-state index is 12.1. The second-order valence-electron chi connectivity index (χ2n) is 5.18. The van der Waals surface area contributed by atoms with Crippen LogP contribution in [0.25, 0.3) is 0 Å². The number of nitrogens with zero attached hydrogens (tertiary/aromatic N) is 1. The van der Waals surface area contributed by atoms with Crippen LogP contribution < -0.4 is 10.6 Å². The van der Waals surface area contributed by atoms with Gasteiger partial charge >= 0.3 is 0 Å². The van der Waals surface area contributed by atoms with Gasteiger partial charge in [-0.1, -0.05) is 6.07 Å². The van der Waals surface area contributed by atoms with Gasteiger partial charge in [0.25, 0.3) is 5.91 Å². The second-order valence-corrected chi connectivity index (χ2v) is 5.18. The molecule has 1 aliphatic rings. The summed E-state index contributed by atoms with van der Waals surface area (Å²) in [5.74, 6) is -0.131. The van der Waals surface area contributed by atoms with Gasteiger partial charge in [0.15, 0.2) is 0 Å². The number of hydrogen-bond donors (Lipinski definition) is 2. The lowest BCUT2D eigenvalue weighted by atomic mass is 10.2. The molecule has 23 heavy (non-hydrogen) atoms. The summed E-state index contributed by atoms with van der Waals surface area (Å²) in [6.45, 7) is 3.56. The molecular formula is C16H23N3O4. The molecule has 7 heteroatoms. The third-order valence-electron chi connectivity index (χ3n) is 3.52. The quantitative estimate of drug-likeness (QED) is 0.708. The van der Waals surface area contributed by atoms with Crippen LogP contribution in [0.5, 0.6) is 0 Å². The second kappa shape index (κ2) is 9.12. The fraction of sp³-hybridized carbons (Fsp3) is 0.500. The van der Waals surface area contributed by atoms with Crippen LogP contribution in [-0.2, 0) is 14.3 Å². The fourth-order valence-corrected chi connectivity index (χ4v) is 2.24. The lowest BCUT2D eigenvalue weighted by Gasteiger charge is -2.27. The highest BCUT2D eigenvalue weighted by Crippen LogP contribution is 2.10. The smallest absolute Gasteiger partial charge is 0.251 e. The minimum absolute atomic E-state index is 0.0308. The Morgan fingerprint density at radius 2 is 2.09 bits per heavy atom. The first-order chi connectivity index (χ1) is 11.2. The molecule has 2 amide bonds. The third-order valence-corrected chi connectivity index (χ3v) is 3.52. The minimum atomic E-state index is -0.162. The predicted octanol–water partition coefficient (Wildman–Crippen LogP) is 0.334. The average molecular weight is 321 g/mol. The lowest BCUT2D eigenvalue weighted by Crippen LogP contribution is -2.43.